The van der Waals surface area contributed by atoms with Crippen LogP contribution in [0.3, 0.4) is 0 Å². The third-order valence-electron chi connectivity index (χ3n) is 5.27. The molecule has 26 heavy (non-hydrogen) atoms. The van der Waals surface area contributed by atoms with Gasteiger partial charge in [-0.1, -0.05) is 18.2 Å². The van der Waals surface area contributed by atoms with Gasteiger partial charge in [0.2, 0.25) is 0 Å². The van der Waals surface area contributed by atoms with Gasteiger partial charge in [-0.3, -0.25) is 4.99 Å². The SMILES string of the molecule is CN=C(NCCCCN1CCCC1)NC1CCN(c2ccccc2)C1.I. The van der Waals surface area contributed by atoms with E-state index in [2.05, 4.69) is 55.8 Å². The van der Waals surface area contributed by atoms with Gasteiger partial charge in [0, 0.05) is 38.4 Å². The highest BCUT2D eigenvalue weighted by Gasteiger charge is 2.23. The van der Waals surface area contributed by atoms with E-state index in [9.17, 15) is 0 Å². The number of benzene rings is 1. The number of halogens is 1. The van der Waals surface area contributed by atoms with Crippen molar-refractivity contribution >= 4 is 35.6 Å². The number of hydrogen-bond acceptors (Lipinski definition) is 3. The zero-order valence-electron chi connectivity index (χ0n) is 16.0. The van der Waals surface area contributed by atoms with Crippen LogP contribution < -0.4 is 15.5 Å². The first kappa shape index (κ1) is 21.3. The summed E-state index contributed by atoms with van der Waals surface area (Å²) in [5.41, 5.74) is 1.32. The van der Waals surface area contributed by atoms with Crippen molar-refractivity contribution in [1.29, 1.82) is 0 Å². The first-order valence-corrected chi connectivity index (χ1v) is 9.84. The van der Waals surface area contributed by atoms with Crippen LogP contribution in [0, 0.1) is 0 Å². The number of likely N-dealkylation sites (tertiary alicyclic amines) is 1. The predicted octanol–water partition coefficient (Wildman–Crippen LogP) is 2.92. The van der Waals surface area contributed by atoms with Gasteiger partial charge in [-0.2, -0.15) is 0 Å². The normalized spacial score (nSPS) is 20.9. The van der Waals surface area contributed by atoms with Gasteiger partial charge in [0.25, 0.3) is 0 Å². The number of nitrogens with zero attached hydrogens (tertiary/aromatic N) is 3. The minimum atomic E-state index is 0. The Morgan fingerprint density at radius 3 is 2.62 bits per heavy atom. The summed E-state index contributed by atoms with van der Waals surface area (Å²) < 4.78 is 0. The number of para-hydroxylation sites is 1. The smallest absolute Gasteiger partial charge is 0.191 e. The first-order valence-electron chi connectivity index (χ1n) is 9.84. The number of anilines is 1. The molecule has 3 rings (SSSR count). The molecule has 2 heterocycles. The van der Waals surface area contributed by atoms with Gasteiger partial charge in [0.05, 0.1) is 0 Å². The van der Waals surface area contributed by atoms with Crippen LogP contribution in [0.15, 0.2) is 35.3 Å². The monoisotopic (exact) mass is 471 g/mol. The Morgan fingerprint density at radius 2 is 1.88 bits per heavy atom. The first-order chi connectivity index (χ1) is 12.3. The second-order valence-electron chi connectivity index (χ2n) is 7.17. The Bertz CT molecular complexity index is 530. The van der Waals surface area contributed by atoms with E-state index < -0.39 is 0 Å². The lowest BCUT2D eigenvalue weighted by Crippen LogP contribution is -2.44. The lowest BCUT2D eigenvalue weighted by Gasteiger charge is -2.20. The molecule has 6 heteroatoms. The Hall–Kier alpha value is -1.02. The Balaban J connectivity index is 0.00000243. The number of aliphatic imine (C=N–C) groups is 1. The fourth-order valence-corrected chi connectivity index (χ4v) is 3.81. The molecule has 2 saturated heterocycles. The average Bonchev–Trinajstić information content (AvgIpc) is 3.33. The molecule has 1 atom stereocenters. The summed E-state index contributed by atoms with van der Waals surface area (Å²) in [4.78, 5) is 9.42. The van der Waals surface area contributed by atoms with Gasteiger partial charge in [0.15, 0.2) is 5.96 Å². The van der Waals surface area contributed by atoms with Gasteiger partial charge >= 0.3 is 0 Å². The van der Waals surface area contributed by atoms with Crippen LogP contribution in [0.2, 0.25) is 0 Å². The van der Waals surface area contributed by atoms with E-state index in [4.69, 9.17) is 0 Å². The van der Waals surface area contributed by atoms with Crippen LogP contribution in [-0.2, 0) is 0 Å². The summed E-state index contributed by atoms with van der Waals surface area (Å²) in [5, 5.41) is 7.06. The zero-order chi connectivity index (χ0) is 17.3. The van der Waals surface area contributed by atoms with Crippen LogP contribution >= 0.6 is 24.0 Å². The molecular formula is C20H34IN5. The van der Waals surface area contributed by atoms with Gasteiger partial charge in [-0.15, -0.1) is 24.0 Å². The van der Waals surface area contributed by atoms with Gasteiger partial charge in [-0.25, -0.2) is 0 Å². The fraction of sp³-hybridized carbons (Fsp3) is 0.650. The van der Waals surface area contributed by atoms with Crippen molar-refractivity contribution in [2.75, 3.05) is 51.2 Å². The fourth-order valence-electron chi connectivity index (χ4n) is 3.81. The maximum absolute atomic E-state index is 4.39. The number of hydrogen-bond donors (Lipinski definition) is 2. The molecular weight excluding hydrogens is 437 g/mol. The van der Waals surface area contributed by atoms with Crippen LogP contribution in [0.25, 0.3) is 0 Å². The van der Waals surface area contributed by atoms with Crippen molar-refractivity contribution in [2.45, 2.75) is 38.1 Å². The third kappa shape index (κ3) is 6.61. The molecule has 0 saturated carbocycles. The maximum atomic E-state index is 4.39. The number of rotatable bonds is 7. The molecule has 2 aliphatic heterocycles. The number of guanidine groups is 1. The molecule has 0 aromatic heterocycles. The van der Waals surface area contributed by atoms with Crippen molar-refractivity contribution in [3.8, 4) is 0 Å². The molecule has 2 aliphatic rings. The molecule has 0 radical (unpaired) electrons. The van der Waals surface area contributed by atoms with Gasteiger partial charge < -0.3 is 20.4 Å². The standard InChI is InChI=1S/C20H33N5.HI/c1-21-20(22-12-5-6-13-24-14-7-8-15-24)23-18-11-16-25(17-18)19-9-3-2-4-10-19;/h2-4,9-10,18H,5-8,11-17H2,1H3,(H2,21,22,23);1H. The summed E-state index contributed by atoms with van der Waals surface area (Å²) in [5.74, 6) is 0.945. The highest BCUT2D eigenvalue weighted by molar-refractivity contribution is 14.0. The van der Waals surface area contributed by atoms with Crippen LogP contribution in [0.5, 0.6) is 0 Å². The molecule has 0 aliphatic carbocycles. The predicted molar refractivity (Wildman–Crippen MR) is 122 cm³/mol. The minimum absolute atomic E-state index is 0. The highest BCUT2D eigenvalue weighted by Crippen LogP contribution is 2.19. The lowest BCUT2D eigenvalue weighted by atomic mass is 10.2. The molecule has 2 fully saturated rings. The van der Waals surface area contributed by atoms with E-state index >= 15 is 0 Å². The molecule has 5 nitrogen and oxygen atoms in total. The summed E-state index contributed by atoms with van der Waals surface area (Å²) in [6.07, 6.45) is 6.41. The van der Waals surface area contributed by atoms with E-state index in [1.54, 1.807) is 0 Å². The summed E-state index contributed by atoms with van der Waals surface area (Å²) >= 11 is 0. The Morgan fingerprint density at radius 1 is 1.12 bits per heavy atom. The lowest BCUT2D eigenvalue weighted by molar-refractivity contribution is 0.330. The molecule has 0 amide bonds. The van der Waals surface area contributed by atoms with Crippen LogP contribution in [0.4, 0.5) is 5.69 Å². The van der Waals surface area contributed by atoms with Crippen molar-refractivity contribution in [3.05, 3.63) is 30.3 Å². The highest BCUT2D eigenvalue weighted by atomic mass is 127. The molecule has 1 aromatic rings. The van der Waals surface area contributed by atoms with Gasteiger partial charge in [0.1, 0.15) is 0 Å². The second-order valence-corrected chi connectivity index (χ2v) is 7.17. The Labute approximate surface area is 175 Å². The van der Waals surface area contributed by atoms with E-state index in [0.717, 1.165) is 32.0 Å². The quantitative estimate of drug-likeness (QED) is 0.278. The van der Waals surface area contributed by atoms with Gasteiger partial charge in [-0.05, 0) is 63.9 Å². The molecule has 2 N–H and O–H groups in total. The van der Waals surface area contributed by atoms with Crippen molar-refractivity contribution in [3.63, 3.8) is 0 Å². The molecule has 1 aromatic carbocycles. The topological polar surface area (TPSA) is 42.9 Å². The van der Waals surface area contributed by atoms with Crippen LogP contribution in [0.1, 0.15) is 32.1 Å². The second kappa shape index (κ2) is 11.6. The summed E-state index contributed by atoms with van der Waals surface area (Å²) in [6, 6.07) is 11.1. The Kier molecular flexibility index (Phi) is 9.53. The zero-order valence-corrected chi connectivity index (χ0v) is 18.3. The molecule has 0 bridgehead atoms. The molecule has 1 unspecified atom stereocenters. The maximum Gasteiger partial charge on any atom is 0.191 e. The van der Waals surface area contributed by atoms with E-state index in [1.165, 1.54) is 51.0 Å². The third-order valence-corrected chi connectivity index (χ3v) is 5.27. The number of unbranched alkanes of at least 4 members (excludes halogenated alkanes) is 1. The average molecular weight is 471 g/mol. The summed E-state index contributed by atoms with van der Waals surface area (Å²) in [7, 11) is 1.86. The van der Waals surface area contributed by atoms with Crippen molar-refractivity contribution < 1.29 is 0 Å². The molecule has 0 spiro atoms. The minimum Gasteiger partial charge on any atom is -0.369 e. The summed E-state index contributed by atoms with van der Waals surface area (Å²) in [6.45, 7) is 7.01. The number of nitrogens with one attached hydrogen (secondary N) is 2. The van der Waals surface area contributed by atoms with E-state index in [0.29, 0.717) is 6.04 Å². The largest absolute Gasteiger partial charge is 0.369 e. The molecule has 146 valence electrons. The van der Waals surface area contributed by atoms with Crippen LogP contribution in [-0.4, -0.2) is 63.2 Å². The van der Waals surface area contributed by atoms with E-state index in [-0.39, 0.29) is 24.0 Å². The van der Waals surface area contributed by atoms with E-state index in [1.807, 2.05) is 7.05 Å². The van der Waals surface area contributed by atoms with Crippen molar-refractivity contribution in [1.82, 2.24) is 15.5 Å². The van der Waals surface area contributed by atoms with Crippen molar-refractivity contribution in [2.24, 2.45) is 4.99 Å².